The van der Waals surface area contributed by atoms with E-state index in [1.54, 1.807) is 6.26 Å². The topological polar surface area (TPSA) is 138 Å². The van der Waals surface area contributed by atoms with Gasteiger partial charge in [-0.2, -0.15) is 21.4 Å². The van der Waals surface area contributed by atoms with Crippen molar-refractivity contribution in [2.24, 2.45) is 0 Å². The van der Waals surface area contributed by atoms with Crippen LogP contribution in [0.25, 0.3) is 38.0 Å². The molecule has 0 fully saturated rings. The Morgan fingerprint density at radius 2 is 1.68 bits per heavy atom. The van der Waals surface area contributed by atoms with Crippen molar-refractivity contribution in [1.29, 1.82) is 0 Å². The monoisotopic (exact) mass is 601 g/mol. The molecule has 208 valence electrons. The van der Waals surface area contributed by atoms with E-state index in [1.165, 1.54) is 11.3 Å². The molecule has 3 heterocycles. The molecule has 0 spiro atoms. The van der Waals surface area contributed by atoms with Crippen LogP contribution in [0.15, 0.2) is 71.2 Å². The summed E-state index contributed by atoms with van der Waals surface area (Å²) in [6, 6.07) is 17.3. The summed E-state index contributed by atoms with van der Waals surface area (Å²) in [4.78, 5) is 1.91. The predicted molar refractivity (Wildman–Crippen MR) is 154 cm³/mol. The first-order valence-corrected chi connectivity index (χ1v) is 16.5. The SMILES string of the molecule is O=S(=O)(O)CCCN1/C(=C/c2sc3ccc4occc4c3[n+]2CCCS(=O)(=O)O)Oc2ccc3ccccc3c21. The number of thiazole rings is 1. The number of benzene rings is 3. The molecule has 2 N–H and O–H groups in total. The van der Waals surface area contributed by atoms with Crippen molar-refractivity contribution >= 4 is 75.3 Å². The largest absolute Gasteiger partial charge is 0.464 e. The predicted octanol–water partition coefficient (Wildman–Crippen LogP) is 4.84. The highest BCUT2D eigenvalue weighted by atomic mass is 32.2. The molecular weight excluding hydrogens is 577 g/mol. The van der Waals surface area contributed by atoms with E-state index in [9.17, 15) is 25.9 Å². The van der Waals surface area contributed by atoms with Crippen LogP contribution < -0.4 is 14.2 Å². The van der Waals surface area contributed by atoms with E-state index in [1.807, 2.05) is 70.1 Å². The van der Waals surface area contributed by atoms with Crippen molar-refractivity contribution in [2.45, 2.75) is 19.4 Å². The molecule has 13 heteroatoms. The number of nitrogens with zero attached hydrogens (tertiary/aromatic N) is 2. The second-order valence-corrected chi connectivity index (χ2v) is 13.7. The normalized spacial score (nSPS) is 14.9. The number of aromatic nitrogens is 1. The van der Waals surface area contributed by atoms with Crippen molar-refractivity contribution in [3.63, 3.8) is 0 Å². The van der Waals surface area contributed by atoms with Gasteiger partial charge in [-0.15, -0.1) is 0 Å². The summed E-state index contributed by atoms with van der Waals surface area (Å²) < 4.78 is 79.3. The van der Waals surface area contributed by atoms with Crippen molar-refractivity contribution in [3.05, 3.63) is 71.8 Å². The molecule has 0 aliphatic carbocycles. The minimum absolute atomic E-state index is 0.165. The molecule has 5 aromatic rings. The first kappa shape index (κ1) is 26.7. The number of rotatable bonds is 9. The molecule has 0 saturated carbocycles. The third kappa shape index (κ3) is 5.30. The van der Waals surface area contributed by atoms with Crippen LogP contribution in [0.2, 0.25) is 0 Å². The van der Waals surface area contributed by atoms with E-state index < -0.39 is 26.0 Å². The van der Waals surface area contributed by atoms with Gasteiger partial charge in [0.15, 0.2) is 12.3 Å². The second-order valence-electron chi connectivity index (χ2n) is 9.49. The number of ether oxygens (including phenoxy) is 1. The maximum Gasteiger partial charge on any atom is 0.268 e. The molecule has 1 aliphatic rings. The highest BCUT2D eigenvalue weighted by Gasteiger charge is 2.31. The Hall–Kier alpha value is -3.49. The molecule has 6 rings (SSSR count). The first-order valence-electron chi connectivity index (χ1n) is 12.5. The van der Waals surface area contributed by atoms with Gasteiger partial charge in [-0.3, -0.25) is 9.11 Å². The zero-order valence-corrected chi connectivity index (χ0v) is 23.5. The van der Waals surface area contributed by atoms with E-state index in [0.29, 0.717) is 23.8 Å². The third-order valence-electron chi connectivity index (χ3n) is 6.75. The Morgan fingerprint density at radius 1 is 0.900 bits per heavy atom. The van der Waals surface area contributed by atoms with E-state index in [-0.39, 0.29) is 25.1 Å². The number of aryl methyl sites for hydroxylation is 1. The fraction of sp³-hybridized carbons (Fsp3) is 0.222. The summed E-state index contributed by atoms with van der Waals surface area (Å²) >= 11 is 1.49. The van der Waals surface area contributed by atoms with Gasteiger partial charge in [0.05, 0.1) is 34.9 Å². The average molecular weight is 602 g/mol. The molecular formula is C27H25N2O8S3+. The van der Waals surface area contributed by atoms with E-state index in [2.05, 4.69) is 0 Å². The maximum absolute atomic E-state index is 11.5. The van der Waals surface area contributed by atoms with E-state index in [0.717, 1.165) is 37.1 Å². The third-order valence-corrected chi connectivity index (χ3v) is 9.46. The highest BCUT2D eigenvalue weighted by Crippen LogP contribution is 2.45. The van der Waals surface area contributed by atoms with E-state index >= 15 is 0 Å². The standard InChI is InChI=1S/C27H24N2O8S3/c30-39(31,32)15-3-12-28-24(37-22-8-7-18-5-1-2-6-19(18)26(22)28)17-25-29(13-4-16-40(33,34)35)27-20-11-14-36-21(20)9-10-23(27)38-25/h1-2,5-11,14,17H,3-4,12-13,15-16H2,(H-,30,31,32,33,34,35)/p+1. The van der Waals surface area contributed by atoms with E-state index in [4.69, 9.17) is 9.15 Å². The second kappa shape index (κ2) is 10.2. The lowest BCUT2D eigenvalue weighted by atomic mass is 10.1. The lowest BCUT2D eigenvalue weighted by Gasteiger charge is -2.19. The lowest BCUT2D eigenvalue weighted by Crippen LogP contribution is -2.36. The number of fused-ring (bicyclic) bond motifs is 6. The van der Waals surface area contributed by atoms with Crippen LogP contribution in [0.3, 0.4) is 0 Å². The number of hydrogen-bond acceptors (Lipinski definition) is 8. The van der Waals surface area contributed by atoms with Gasteiger partial charge >= 0.3 is 0 Å². The smallest absolute Gasteiger partial charge is 0.268 e. The Morgan fingerprint density at radius 3 is 2.48 bits per heavy atom. The minimum Gasteiger partial charge on any atom is -0.464 e. The van der Waals surface area contributed by atoms with Crippen LogP contribution in [0.5, 0.6) is 5.75 Å². The number of anilines is 1. The van der Waals surface area contributed by atoms with Crippen molar-refractivity contribution in [3.8, 4) is 5.75 Å². The van der Waals surface area contributed by atoms with Gasteiger partial charge in [-0.25, -0.2) is 0 Å². The molecule has 2 aromatic heterocycles. The summed E-state index contributed by atoms with van der Waals surface area (Å²) in [6.07, 6.45) is 3.80. The Bertz CT molecular complexity index is 2010. The molecule has 40 heavy (non-hydrogen) atoms. The molecule has 3 aromatic carbocycles. The summed E-state index contributed by atoms with van der Waals surface area (Å²) in [5, 5.41) is 3.57. The summed E-state index contributed by atoms with van der Waals surface area (Å²) in [7, 11) is -8.27. The zero-order chi connectivity index (χ0) is 28.1. The summed E-state index contributed by atoms with van der Waals surface area (Å²) in [5.41, 5.74) is 2.36. The fourth-order valence-electron chi connectivity index (χ4n) is 5.10. The van der Waals surface area contributed by atoms with Gasteiger partial charge in [-0.1, -0.05) is 41.7 Å². The molecule has 10 nitrogen and oxygen atoms in total. The van der Waals surface area contributed by atoms with Crippen molar-refractivity contribution < 1.29 is 39.7 Å². The van der Waals surface area contributed by atoms with Crippen molar-refractivity contribution in [2.75, 3.05) is 23.0 Å². The average Bonchev–Trinajstić information content (AvgIpc) is 3.58. The summed E-state index contributed by atoms with van der Waals surface area (Å²) in [6.45, 7) is 0.577. The Kier molecular flexibility index (Phi) is 6.79. The highest BCUT2D eigenvalue weighted by molar-refractivity contribution is 7.86. The van der Waals surface area contributed by atoms with Gasteiger partial charge in [0.25, 0.3) is 25.2 Å². The van der Waals surface area contributed by atoms with Gasteiger partial charge < -0.3 is 14.1 Å². The zero-order valence-electron chi connectivity index (χ0n) is 21.1. The van der Waals surface area contributed by atoms with Gasteiger partial charge in [0.2, 0.25) is 11.4 Å². The van der Waals surface area contributed by atoms with Gasteiger partial charge in [-0.05, 0) is 36.1 Å². The number of furan rings is 1. The first-order chi connectivity index (χ1) is 19.1. The van der Waals surface area contributed by atoms with Crippen LogP contribution in [-0.2, 0) is 26.8 Å². The molecule has 0 saturated heterocycles. The molecule has 1 aliphatic heterocycles. The van der Waals surface area contributed by atoms with Gasteiger partial charge in [0, 0.05) is 18.4 Å². The number of hydrogen-bond donors (Lipinski definition) is 2. The quantitative estimate of drug-likeness (QED) is 0.179. The fourth-order valence-corrected chi connectivity index (χ4v) is 7.21. The van der Waals surface area contributed by atoms with Crippen molar-refractivity contribution in [1.82, 2.24) is 0 Å². The Balaban J connectivity index is 1.47. The van der Waals surface area contributed by atoms with Crippen LogP contribution in [0, 0.1) is 0 Å². The molecule has 0 bridgehead atoms. The maximum atomic E-state index is 11.5. The molecule has 0 radical (unpaired) electrons. The lowest BCUT2D eigenvalue weighted by molar-refractivity contribution is -0.667. The molecule has 0 amide bonds. The summed E-state index contributed by atoms with van der Waals surface area (Å²) in [5.74, 6) is 0.312. The van der Waals surface area contributed by atoms with Crippen LogP contribution in [-0.4, -0.2) is 44.0 Å². The van der Waals surface area contributed by atoms with Crippen LogP contribution in [0.4, 0.5) is 5.69 Å². The van der Waals surface area contributed by atoms with Gasteiger partial charge in [0.1, 0.15) is 10.3 Å². The van der Waals surface area contributed by atoms with Crippen LogP contribution >= 0.6 is 11.3 Å². The Labute approximate surface area is 234 Å². The van der Waals surface area contributed by atoms with Crippen LogP contribution in [0.1, 0.15) is 17.8 Å². The molecule has 0 unspecified atom stereocenters. The minimum atomic E-state index is -4.14. The molecule has 0 atom stereocenters.